The number of nitro groups is 1. The first-order chi connectivity index (χ1) is 22.9. The second kappa shape index (κ2) is 13.3. The van der Waals surface area contributed by atoms with Crippen molar-refractivity contribution in [1.29, 1.82) is 0 Å². The lowest BCUT2D eigenvalue weighted by atomic mass is 9.92. The summed E-state index contributed by atoms with van der Waals surface area (Å²) in [6, 6.07) is 18.9. The summed E-state index contributed by atoms with van der Waals surface area (Å²) in [6.07, 6.45) is 0.905. The number of halogens is 1. The quantitative estimate of drug-likeness (QED) is 0.0966. The topological polar surface area (TPSA) is 146 Å². The molecule has 0 radical (unpaired) electrons. The van der Waals surface area contributed by atoms with Gasteiger partial charge < -0.3 is 14.8 Å². The number of non-ortho nitro benzene ring substituents is 1. The number of fused-ring (bicyclic) bond motifs is 2. The molecule has 0 spiro atoms. The number of carbonyl (C=O) groups excluding carboxylic acids is 2. The number of amides is 1. The van der Waals surface area contributed by atoms with Gasteiger partial charge in [0, 0.05) is 46.1 Å². The van der Waals surface area contributed by atoms with Gasteiger partial charge in [-0.1, -0.05) is 42.8 Å². The van der Waals surface area contributed by atoms with Crippen LogP contribution in [0, 0.1) is 10.1 Å². The molecule has 1 amide bonds. The molecule has 3 aromatic carbocycles. The molecule has 3 atom stereocenters. The number of alkyl carbamates (subject to hydrolysis) is 1. The summed E-state index contributed by atoms with van der Waals surface area (Å²) < 4.78 is 17.1. The fraction of sp³-hybridized carbons (Fsp3) is 0.286. The smallest absolute Gasteiger partial charge is 0.407 e. The highest BCUT2D eigenvalue weighted by molar-refractivity contribution is 7.13. The molecule has 5 aromatic rings. The van der Waals surface area contributed by atoms with Crippen molar-refractivity contribution < 1.29 is 24.0 Å². The molecule has 1 N–H and O–H groups in total. The Labute approximate surface area is 285 Å². The van der Waals surface area contributed by atoms with Gasteiger partial charge in [0.25, 0.3) is 5.69 Å². The van der Waals surface area contributed by atoms with Crippen LogP contribution < -0.4 is 5.32 Å². The van der Waals surface area contributed by atoms with Crippen LogP contribution in [0.2, 0.25) is 5.02 Å². The molecular formula is C35H32ClN5O6S. The van der Waals surface area contributed by atoms with Gasteiger partial charge in [0.15, 0.2) is 0 Å². The molecule has 2 heterocycles. The van der Waals surface area contributed by atoms with E-state index in [9.17, 15) is 19.7 Å². The fourth-order valence-corrected chi connectivity index (χ4v) is 6.87. The summed E-state index contributed by atoms with van der Waals surface area (Å²) in [6.45, 7) is 7.77. The average molecular weight is 686 g/mol. The molecule has 0 fully saturated rings. The number of nitrogens with one attached hydrogen (secondary N) is 1. The Bertz CT molecular complexity index is 2010. The highest BCUT2D eigenvalue weighted by Crippen LogP contribution is 2.45. The number of hydrogen-bond acceptors (Lipinski definition) is 10. The van der Waals surface area contributed by atoms with E-state index in [4.69, 9.17) is 25.4 Å². The van der Waals surface area contributed by atoms with Crippen molar-refractivity contribution in [3.8, 4) is 11.3 Å². The van der Waals surface area contributed by atoms with Gasteiger partial charge in [-0.15, -0.1) is 0 Å². The number of hydrogen-bond donors (Lipinski definition) is 1. The Morgan fingerprint density at radius 1 is 1.08 bits per heavy atom. The van der Waals surface area contributed by atoms with E-state index in [1.807, 2.05) is 70.2 Å². The van der Waals surface area contributed by atoms with E-state index in [0.717, 1.165) is 38.2 Å². The molecule has 48 heavy (non-hydrogen) atoms. The summed E-state index contributed by atoms with van der Waals surface area (Å²) in [4.78, 5) is 45.1. The molecule has 0 saturated carbocycles. The monoisotopic (exact) mass is 685 g/mol. The van der Waals surface area contributed by atoms with Gasteiger partial charge in [-0.25, -0.2) is 19.6 Å². The molecule has 0 aliphatic heterocycles. The molecular weight excluding hydrogens is 654 g/mol. The van der Waals surface area contributed by atoms with Crippen molar-refractivity contribution in [2.24, 2.45) is 0 Å². The van der Waals surface area contributed by atoms with E-state index in [1.165, 1.54) is 42.1 Å². The van der Waals surface area contributed by atoms with E-state index >= 15 is 0 Å². The Morgan fingerprint density at radius 3 is 2.50 bits per heavy atom. The van der Waals surface area contributed by atoms with E-state index in [1.54, 1.807) is 0 Å². The van der Waals surface area contributed by atoms with Gasteiger partial charge in [-0.05, 0) is 80.5 Å². The standard InChI is InChI=1S/C35H32ClN5O6S/c1-19-15-27(46-33(42)21-7-12-24(13-8-21)41(44)45)32-29(19)30(38-18-39-32)22-9-14-25-28(16-22)48-40-31(25)26(20-5-10-23(36)11-6-20)17-37-34(43)47-35(2,3)4/h5-14,16,18-19,26-27H,15,17H2,1-4H3,(H,37,43)/t19-,26?,27-/m1/s1. The summed E-state index contributed by atoms with van der Waals surface area (Å²) in [5, 5.41) is 15.5. The van der Waals surface area contributed by atoms with Gasteiger partial charge in [0.1, 0.15) is 18.0 Å². The van der Waals surface area contributed by atoms with Crippen LogP contribution in [0.4, 0.5) is 10.5 Å². The molecule has 13 heteroatoms. The maximum Gasteiger partial charge on any atom is 0.407 e. The minimum absolute atomic E-state index is 0.00629. The lowest BCUT2D eigenvalue weighted by Gasteiger charge is -2.22. The van der Waals surface area contributed by atoms with Gasteiger partial charge in [0.2, 0.25) is 0 Å². The third kappa shape index (κ3) is 6.99. The van der Waals surface area contributed by atoms with Crippen molar-refractivity contribution in [3.05, 3.63) is 116 Å². The predicted octanol–water partition coefficient (Wildman–Crippen LogP) is 8.38. The Balaban J connectivity index is 1.28. The number of nitrogens with zero attached hydrogens (tertiary/aromatic N) is 4. The first kappa shape index (κ1) is 33.0. The summed E-state index contributed by atoms with van der Waals surface area (Å²) in [5.74, 6) is -0.833. The molecule has 246 valence electrons. The Morgan fingerprint density at radius 2 is 1.81 bits per heavy atom. The first-order valence-electron chi connectivity index (χ1n) is 15.3. The summed E-state index contributed by atoms with van der Waals surface area (Å²) >= 11 is 7.54. The lowest BCUT2D eigenvalue weighted by molar-refractivity contribution is -0.384. The van der Waals surface area contributed by atoms with Gasteiger partial charge in [-0.3, -0.25) is 10.1 Å². The Kier molecular flexibility index (Phi) is 9.13. The summed E-state index contributed by atoms with van der Waals surface area (Å²) in [5.41, 5.74) is 4.43. The number of ether oxygens (including phenoxy) is 2. The third-order valence-corrected chi connectivity index (χ3v) is 9.14. The van der Waals surface area contributed by atoms with Crippen LogP contribution in [-0.2, 0) is 9.47 Å². The number of carbonyl (C=O) groups is 2. The molecule has 0 bridgehead atoms. The van der Waals surface area contributed by atoms with E-state index in [0.29, 0.717) is 17.1 Å². The van der Waals surface area contributed by atoms with Crippen molar-refractivity contribution in [2.75, 3.05) is 6.54 Å². The Hall–Kier alpha value is -4.94. The van der Waals surface area contributed by atoms with E-state index in [-0.39, 0.29) is 29.6 Å². The van der Waals surface area contributed by atoms with Crippen molar-refractivity contribution in [3.63, 3.8) is 0 Å². The lowest BCUT2D eigenvalue weighted by Crippen LogP contribution is -2.35. The fourth-order valence-electron chi connectivity index (χ4n) is 5.88. The van der Waals surface area contributed by atoms with Gasteiger partial charge in [-0.2, -0.15) is 4.37 Å². The second-order valence-electron chi connectivity index (χ2n) is 12.6. The van der Waals surface area contributed by atoms with Gasteiger partial charge >= 0.3 is 12.1 Å². The molecule has 1 aliphatic carbocycles. The van der Waals surface area contributed by atoms with Crippen molar-refractivity contribution in [1.82, 2.24) is 19.7 Å². The molecule has 1 unspecified atom stereocenters. The molecule has 2 aromatic heterocycles. The third-order valence-electron chi connectivity index (χ3n) is 8.07. The molecule has 0 saturated heterocycles. The number of rotatable bonds is 8. The van der Waals surface area contributed by atoms with Crippen LogP contribution in [0.25, 0.3) is 21.3 Å². The zero-order valence-corrected chi connectivity index (χ0v) is 28.2. The molecule has 1 aliphatic rings. The van der Waals surface area contributed by atoms with Gasteiger partial charge in [0.05, 0.1) is 32.3 Å². The number of aromatic nitrogens is 3. The normalized spacial score (nSPS) is 16.3. The van der Waals surface area contributed by atoms with Crippen LogP contribution in [0.1, 0.15) is 84.9 Å². The zero-order chi connectivity index (χ0) is 34.2. The second-order valence-corrected chi connectivity index (χ2v) is 13.9. The van der Waals surface area contributed by atoms with E-state index in [2.05, 4.69) is 15.3 Å². The maximum absolute atomic E-state index is 12.9. The number of esters is 1. The van der Waals surface area contributed by atoms with Crippen LogP contribution >= 0.6 is 23.1 Å². The van der Waals surface area contributed by atoms with Crippen LogP contribution in [0.15, 0.2) is 73.1 Å². The van der Waals surface area contributed by atoms with E-state index < -0.39 is 28.7 Å². The predicted molar refractivity (Wildman–Crippen MR) is 182 cm³/mol. The van der Waals surface area contributed by atoms with Crippen molar-refractivity contribution in [2.45, 2.75) is 57.7 Å². The van der Waals surface area contributed by atoms with Crippen molar-refractivity contribution >= 4 is 51.0 Å². The SMILES string of the molecule is C[C@@H]1C[C@@H](OC(=O)c2ccc([N+](=O)[O-])cc2)c2ncnc(-c3ccc4c(C(CNC(=O)OC(C)(C)C)c5ccc(Cl)cc5)nsc4c3)c21. The average Bonchev–Trinajstić information content (AvgIpc) is 3.61. The highest BCUT2D eigenvalue weighted by atomic mass is 35.5. The van der Waals surface area contributed by atoms with Crippen LogP contribution in [-0.4, -0.2) is 43.5 Å². The minimum Gasteiger partial charge on any atom is -0.452 e. The van der Waals surface area contributed by atoms with Crippen LogP contribution in [0.3, 0.4) is 0 Å². The summed E-state index contributed by atoms with van der Waals surface area (Å²) in [7, 11) is 0. The minimum atomic E-state index is -0.628. The van der Waals surface area contributed by atoms with Crippen LogP contribution in [0.5, 0.6) is 0 Å². The first-order valence-corrected chi connectivity index (χ1v) is 16.5. The largest absolute Gasteiger partial charge is 0.452 e. The zero-order valence-electron chi connectivity index (χ0n) is 26.6. The number of benzene rings is 3. The molecule has 11 nitrogen and oxygen atoms in total. The maximum atomic E-state index is 12.9. The highest BCUT2D eigenvalue weighted by Gasteiger charge is 2.36. The number of nitro benzene ring substituents is 1. The molecule has 6 rings (SSSR count).